The Morgan fingerprint density at radius 2 is 1.74 bits per heavy atom. The van der Waals surface area contributed by atoms with Crippen LogP contribution in [0.4, 0.5) is 13.2 Å². The number of hydrogen-bond donors (Lipinski definition) is 1. The molecule has 0 spiro atoms. The van der Waals surface area contributed by atoms with Crippen molar-refractivity contribution in [1.82, 2.24) is 9.55 Å². The molecule has 1 heterocycles. The number of para-hydroxylation sites is 2. The van der Waals surface area contributed by atoms with Crippen molar-refractivity contribution < 1.29 is 23.0 Å². The molecule has 0 aliphatic carbocycles. The molecule has 3 rings (SSSR count). The number of aromatic nitrogens is 2. The van der Waals surface area contributed by atoms with Crippen LogP contribution in [0.1, 0.15) is 31.2 Å². The molecule has 0 amide bonds. The summed E-state index contributed by atoms with van der Waals surface area (Å²) in [5, 5.41) is 10.2. The first kappa shape index (κ1) is 19.2. The van der Waals surface area contributed by atoms with E-state index in [1.54, 1.807) is 30.3 Å². The highest BCUT2D eigenvalue weighted by atomic mass is 19.4. The molecule has 144 valence electrons. The molecule has 2 aromatic carbocycles. The van der Waals surface area contributed by atoms with Crippen LogP contribution < -0.4 is 4.74 Å². The third-order valence-electron chi connectivity index (χ3n) is 4.29. The van der Waals surface area contributed by atoms with E-state index in [1.165, 1.54) is 6.07 Å². The molecule has 0 unspecified atom stereocenters. The van der Waals surface area contributed by atoms with Crippen molar-refractivity contribution in [3.8, 4) is 5.75 Å². The van der Waals surface area contributed by atoms with Crippen molar-refractivity contribution in [3.63, 3.8) is 0 Å². The quantitative estimate of drug-likeness (QED) is 0.681. The first-order valence-corrected chi connectivity index (χ1v) is 8.69. The van der Waals surface area contributed by atoms with Crippen molar-refractivity contribution in [2.75, 3.05) is 6.61 Å². The minimum absolute atomic E-state index is 0.120. The van der Waals surface area contributed by atoms with Crippen LogP contribution >= 0.6 is 0 Å². The normalized spacial score (nSPS) is 13.3. The van der Waals surface area contributed by atoms with Gasteiger partial charge in [-0.3, -0.25) is 0 Å². The summed E-state index contributed by atoms with van der Waals surface area (Å²) in [5.74, 6) is -0.0750. The molecule has 0 saturated carbocycles. The molecule has 0 saturated heterocycles. The van der Waals surface area contributed by atoms with Gasteiger partial charge in [-0.15, -0.1) is 0 Å². The number of nitrogens with zero attached hydrogens (tertiary/aromatic N) is 2. The first-order valence-electron chi connectivity index (χ1n) is 8.69. The van der Waals surface area contributed by atoms with Crippen LogP contribution in [0.15, 0.2) is 48.5 Å². The average Bonchev–Trinajstić information content (AvgIpc) is 2.99. The second-order valence-electron chi connectivity index (χ2n) is 6.72. The van der Waals surface area contributed by atoms with Crippen LogP contribution in [0.5, 0.6) is 5.75 Å². The van der Waals surface area contributed by atoms with Gasteiger partial charge >= 0.3 is 6.18 Å². The van der Waals surface area contributed by atoms with Crippen molar-refractivity contribution in [2.24, 2.45) is 0 Å². The van der Waals surface area contributed by atoms with Crippen LogP contribution in [-0.4, -0.2) is 27.4 Å². The maximum Gasteiger partial charge on any atom is 0.449 e. The van der Waals surface area contributed by atoms with E-state index in [4.69, 9.17) is 4.74 Å². The first-order chi connectivity index (χ1) is 12.8. The van der Waals surface area contributed by atoms with Crippen molar-refractivity contribution >= 4 is 11.0 Å². The number of imidazole rings is 1. The minimum atomic E-state index is -4.60. The Bertz CT molecular complexity index is 902. The molecule has 1 aromatic heterocycles. The summed E-state index contributed by atoms with van der Waals surface area (Å²) in [5.41, 5.74) is 1.72. The number of ether oxygens (including phenoxy) is 1. The molecule has 4 nitrogen and oxygen atoms in total. The Labute approximate surface area is 155 Å². The van der Waals surface area contributed by atoms with Gasteiger partial charge in [-0.05, 0) is 35.7 Å². The largest absolute Gasteiger partial charge is 0.491 e. The zero-order chi connectivity index (χ0) is 19.6. The van der Waals surface area contributed by atoms with Crippen molar-refractivity contribution in [2.45, 2.75) is 38.6 Å². The maximum absolute atomic E-state index is 13.3. The van der Waals surface area contributed by atoms with E-state index in [9.17, 15) is 18.3 Å². The summed E-state index contributed by atoms with van der Waals surface area (Å²) in [4.78, 5) is 3.67. The molecular formula is C20H21F3N2O2. The standard InChI is InChI=1S/C20H21F3N2O2/c1-13(2)14-7-9-16(10-8-14)27-12-15(26)11-25-18-6-4-3-5-17(18)24-19(25)20(21,22)23/h3-10,13,15,26H,11-12H2,1-2H3/t15-/m1/s1. The van der Waals surface area contributed by atoms with Gasteiger partial charge < -0.3 is 14.4 Å². The average molecular weight is 378 g/mol. The maximum atomic E-state index is 13.3. The smallest absolute Gasteiger partial charge is 0.449 e. The van der Waals surface area contributed by atoms with E-state index in [-0.39, 0.29) is 18.7 Å². The zero-order valence-electron chi connectivity index (χ0n) is 15.1. The molecule has 0 aliphatic heterocycles. The zero-order valence-corrected chi connectivity index (χ0v) is 15.1. The summed E-state index contributed by atoms with van der Waals surface area (Å²) in [6.07, 6.45) is -5.72. The Kier molecular flexibility index (Phi) is 5.41. The summed E-state index contributed by atoms with van der Waals surface area (Å²) >= 11 is 0. The highest BCUT2D eigenvalue weighted by Gasteiger charge is 2.37. The van der Waals surface area contributed by atoms with Crippen molar-refractivity contribution in [1.29, 1.82) is 0 Å². The van der Waals surface area contributed by atoms with Crippen LogP contribution in [0.25, 0.3) is 11.0 Å². The lowest BCUT2D eigenvalue weighted by atomic mass is 10.0. The van der Waals surface area contributed by atoms with Gasteiger partial charge in [0.05, 0.1) is 17.6 Å². The Morgan fingerprint density at radius 3 is 2.37 bits per heavy atom. The Balaban J connectivity index is 1.73. The van der Waals surface area contributed by atoms with E-state index in [0.717, 1.165) is 10.1 Å². The van der Waals surface area contributed by atoms with E-state index in [1.807, 2.05) is 12.1 Å². The fourth-order valence-electron chi connectivity index (χ4n) is 2.88. The minimum Gasteiger partial charge on any atom is -0.491 e. The van der Waals surface area contributed by atoms with Gasteiger partial charge in [0.25, 0.3) is 0 Å². The molecule has 0 aliphatic rings. The second kappa shape index (κ2) is 7.60. The lowest BCUT2D eigenvalue weighted by molar-refractivity contribution is -0.147. The number of aliphatic hydroxyl groups excluding tert-OH is 1. The van der Waals surface area contributed by atoms with Gasteiger partial charge in [0.2, 0.25) is 5.82 Å². The van der Waals surface area contributed by atoms with Gasteiger partial charge in [0, 0.05) is 0 Å². The highest BCUT2D eigenvalue weighted by Crippen LogP contribution is 2.31. The van der Waals surface area contributed by atoms with Gasteiger partial charge in [-0.2, -0.15) is 13.2 Å². The molecular weight excluding hydrogens is 357 g/mol. The van der Waals surface area contributed by atoms with Gasteiger partial charge in [-0.1, -0.05) is 38.1 Å². The number of alkyl halides is 3. The van der Waals surface area contributed by atoms with E-state index < -0.39 is 18.1 Å². The lowest BCUT2D eigenvalue weighted by Gasteiger charge is -2.17. The number of halogens is 3. The van der Waals surface area contributed by atoms with Gasteiger partial charge in [0.15, 0.2) is 0 Å². The predicted octanol–water partition coefficient (Wildman–Crippen LogP) is 4.62. The number of hydrogen-bond acceptors (Lipinski definition) is 3. The molecule has 0 fully saturated rings. The van der Waals surface area contributed by atoms with Crippen LogP contribution in [-0.2, 0) is 12.7 Å². The summed E-state index contributed by atoms with van der Waals surface area (Å²) in [7, 11) is 0. The number of rotatable bonds is 6. The van der Waals surface area contributed by atoms with Crippen molar-refractivity contribution in [3.05, 3.63) is 59.9 Å². The SMILES string of the molecule is CC(C)c1ccc(OC[C@H](O)Cn2c(C(F)(F)F)nc3ccccc32)cc1. The van der Waals surface area contributed by atoms with Crippen LogP contribution in [0, 0.1) is 0 Å². The molecule has 7 heteroatoms. The predicted molar refractivity (Wildman–Crippen MR) is 96.8 cm³/mol. The Morgan fingerprint density at radius 1 is 1.07 bits per heavy atom. The Hall–Kier alpha value is -2.54. The molecule has 1 atom stereocenters. The monoisotopic (exact) mass is 378 g/mol. The topological polar surface area (TPSA) is 47.3 Å². The number of fused-ring (bicyclic) bond motifs is 1. The third kappa shape index (κ3) is 4.42. The number of benzene rings is 2. The summed E-state index contributed by atoms with van der Waals surface area (Å²) in [6, 6.07) is 13.8. The second-order valence-corrected chi connectivity index (χ2v) is 6.72. The summed E-state index contributed by atoms with van der Waals surface area (Å²) < 4.78 is 46.4. The fraction of sp³-hybridized carbons (Fsp3) is 0.350. The number of aliphatic hydroxyl groups is 1. The molecule has 0 bridgehead atoms. The lowest BCUT2D eigenvalue weighted by Crippen LogP contribution is -2.26. The molecule has 0 radical (unpaired) electrons. The molecule has 3 aromatic rings. The van der Waals surface area contributed by atoms with E-state index in [0.29, 0.717) is 17.2 Å². The van der Waals surface area contributed by atoms with E-state index in [2.05, 4.69) is 18.8 Å². The van der Waals surface area contributed by atoms with Crippen LogP contribution in [0.3, 0.4) is 0 Å². The van der Waals surface area contributed by atoms with Gasteiger partial charge in [0.1, 0.15) is 18.5 Å². The fourth-order valence-corrected chi connectivity index (χ4v) is 2.88. The summed E-state index contributed by atoms with van der Waals surface area (Å²) in [6.45, 7) is 3.77. The highest BCUT2D eigenvalue weighted by molar-refractivity contribution is 5.76. The molecule has 27 heavy (non-hydrogen) atoms. The third-order valence-corrected chi connectivity index (χ3v) is 4.29. The van der Waals surface area contributed by atoms with Gasteiger partial charge in [-0.25, -0.2) is 4.98 Å². The van der Waals surface area contributed by atoms with Crippen LogP contribution in [0.2, 0.25) is 0 Å². The molecule has 1 N–H and O–H groups in total. The van der Waals surface area contributed by atoms with E-state index >= 15 is 0 Å².